The molecule has 1 saturated heterocycles. The molecule has 1 fully saturated rings. The summed E-state index contributed by atoms with van der Waals surface area (Å²) >= 11 is 0. The Bertz CT molecular complexity index is 439. The Labute approximate surface area is 101 Å². The highest BCUT2D eigenvalue weighted by Crippen LogP contribution is 2.19. The van der Waals surface area contributed by atoms with E-state index in [-0.39, 0.29) is 5.82 Å². The largest absolute Gasteiger partial charge is 0.330 e. The van der Waals surface area contributed by atoms with Gasteiger partial charge in [0.25, 0.3) is 0 Å². The Hall–Kier alpha value is -1.44. The number of nitrogens with zero attached hydrogens (tertiary/aromatic N) is 2. The van der Waals surface area contributed by atoms with Gasteiger partial charge in [0.1, 0.15) is 5.82 Å². The van der Waals surface area contributed by atoms with Crippen LogP contribution in [0.4, 0.5) is 4.39 Å². The molecule has 3 nitrogen and oxygen atoms in total. The topological polar surface area (TPSA) is 53.0 Å². The number of halogens is 1. The summed E-state index contributed by atoms with van der Waals surface area (Å²) in [6.45, 7) is 3.40. The molecule has 0 saturated carbocycles. The molecule has 1 aliphatic rings. The maximum absolute atomic E-state index is 13.0. The number of rotatable bonds is 3. The fourth-order valence-electron chi connectivity index (χ4n) is 2.28. The lowest BCUT2D eigenvalue weighted by molar-refractivity contribution is 0.317. The molecule has 1 aromatic carbocycles. The van der Waals surface area contributed by atoms with E-state index in [1.54, 1.807) is 6.07 Å². The van der Waals surface area contributed by atoms with Crippen LogP contribution in [0.1, 0.15) is 17.5 Å². The van der Waals surface area contributed by atoms with Gasteiger partial charge in [-0.15, -0.1) is 0 Å². The van der Waals surface area contributed by atoms with Crippen LogP contribution < -0.4 is 5.73 Å². The average Bonchev–Trinajstić information content (AvgIpc) is 2.79. The normalized spacial score (nSPS) is 20.4. The van der Waals surface area contributed by atoms with Crippen LogP contribution >= 0.6 is 0 Å². The van der Waals surface area contributed by atoms with Gasteiger partial charge in [-0.3, -0.25) is 4.90 Å². The van der Waals surface area contributed by atoms with Crippen molar-refractivity contribution >= 4 is 0 Å². The predicted molar refractivity (Wildman–Crippen MR) is 63.6 cm³/mol. The van der Waals surface area contributed by atoms with Crippen molar-refractivity contribution in [2.75, 3.05) is 19.6 Å². The summed E-state index contributed by atoms with van der Waals surface area (Å²) in [5.74, 6) is 0.201. The molecule has 1 atom stereocenters. The van der Waals surface area contributed by atoms with Crippen molar-refractivity contribution < 1.29 is 4.39 Å². The molecule has 1 aromatic rings. The van der Waals surface area contributed by atoms with E-state index in [4.69, 9.17) is 11.0 Å². The molecule has 1 aliphatic heterocycles. The summed E-state index contributed by atoms with van der Waals surface area (Å²) in [5, 5.41) is 8.96. The van der Waals surface area contributed by atoms with E-state index in [0.29, 0.717) is 24.6 Å². The van der Waals surface area contributed by atoms with Crippen LogP contribution in [-0.4, -0.2) is 24.5 Å². The van der Waals surface area contributed by atoms with Crippen LogP contribution in [0.3, 0.4) is 0 Å². The third-order valence-electron chi connectivity index (χ3n) is 3.29. The van der Waals surface area contributed by atoms with Gasteiger partial charge in [-0.05, 0) is 43.1 Å². The monoisotopic (exact) mass is 233 g/mol. The Morgan fingerprint density at radius 1 is 1.53 bits per heavy atom. The van der Waals surface area contributed by atoms with E-state index in [1.807, 2.05) is 6.07 Å². The van der Waals surface area contributed by atoms with Gasteiger partial charge in [-0.1, -0.05) is 6.07 Å². The molecule has 0 spiro atoms. The minimum Gasteiger partial charge on any atom is -0.330 e. The smallest absolute Gasteiger partial charge is 0.124 e. The van der Waals surface area contributed by atoms with Crippen LogP contribution in [0.2, 0.25) is 0 Å². The lowest BCUT2D eigenvalue weighted by Crippen LogP contribution is -2.23. The van der Waals surface area contributed by atoms with Crippen molar-refractivity contribution in [3.8, 4) is 6.07 Å². The molecule has 0 aliphatic carbocycles. The Kier molecular flexibility index (Phi) is 3.72. The summed E-state index contributed by atoms with van der Waals surface area (Å²) in [6.07, 6.45) is 1.11. The molecule has 4 heteroatoms. The van der Waals surface area contributed by atoms with Crippen LogP contribution in [0.15, 0.2) is 18.2 Å². The zero-order chi connectivity index (χ0) is 12.3. The lowest BCUT2D eigenvalue weighted by Gasteiger charge is -2.16. The highest BCUT2D eigenvalue weighted by atomic mass is 19.1. The van der Waals surface area contributed by atoms with Gasteiger partial charge >= 0.3 is 0 Å². The molecule has 2 N–H and O–H groups in total. The van der Waals surface area contributed by atoms with Gasteiger partial charge in [0.2, 0.25) is 0 Å². The van der Waals surface area contributed by atoms with Crippen LogP contribution in [0.5, 0.6) is 0 Å². The standard InChI is InChI=1S/C13H16FN3/c14-13-2-1-11(12(5-13)7-16)9-17-4-3-10(6-15)8-17/h1-2,5,10H,3-4,6,8-9,15H2. The lowest BCUT2D eigenvalue weighted by atomic mass is 10.1. The number of benzene rings is 1. The van der Waals surface area contributed by atoms with E-state index in [9.17, 15) is 4.39 Å². The molecular formula is C13H16FN3. The molecular weight excluding hydrogens is 217 g/mol. The van der Waals surface area contributed by atoms with Gasteiger partial charge < -0.3 is 5.73 Å². The van der Waals surface area contributed by atoms with Crippen LogP contribution in [-0.2, 0) is 6.54 Å². The summed E-state index contributed by atoms with van der Waals surface area (Å²) in [4.78, 5) is 2.27. The Morgan fingerprint density at radius 3 is 3.00 bits per heavy atom. The molecule has 0 radical (unpaired) electrons. The second-order valence-corrected chi connectivity index (χ2v) is 4.54. The van der Waals surface area contributed by atoms with E-state index in [1.165, 1.54) is 12.1 Å². The fraction of sp³-hybridized carbons (Fsp3) is 0.462. The van der Waals surface area contributed by atoms with E-state index >= 15 is 0 Å². The summed E-state index contributed by atoms with van der Waals surface area (Å²) in [7, 11) is 0. The molecule has 0 bridgehead atoms. The zero-order valence-corrected chi connectivity index (χ0v) is 9.69. The summed E-state index contributed by atoms with van der Waals surface area (Å²) < 4.78 is 13.0. The molecule has 1 unspecified atom stereocenters. The highest BCUT2D eigenvalue weighted by molar-refractivity contribution is 5.37. The third kappa shape index (κ3) is 2.82. The van der Waals surface area contributed by atoms with Gasteiger partial charge in [-0.25, -0.2) is 4.39 Å². The van der Waals surface area contributed by atoms with E-state index in [0.717, 1.165) is 25.1 Å². The summed E-state index contributed by atoms with van der Waals surface area (Å²) in [6, 6.07) is 6.45. The van der Waals surface area contributed by atoms with E-state index < -0.39 is 0 Å². The predicted octanol–water partition coefficient (Wildman–Crippen LogP) is 1.48. The first-order chi connectivity index (χ1) is 8.22. The number of nitriles is 1. The number of hydrogen-bond acceptors (Lipinski definition) is 3. The SMILES string of the molecule is N#Cc1cc(F)ccc1CN1CCC(CN)C1. The first kappa shape index (κ1) is 12.0. The number of likely N-dealkylation sites (tertiary alicyclic amines) is 1. The fourth-order valence-corrected chi connectivity index (χ4v) is 2.28. The average molecular weight is 233 g/mol. The number of hydrogen-bond donors (Lipinski definition) is 1. The minimum absolute atomic E-state index is 0.355. The molecule has 1 heterocycles. The highest BCUT2D eigenvalue weighted by Gasteiger charge is 2.21. The first-order valence-electron chi connectivity index (χ1n) is 5.84. The van der Waals surface area contributed by atoms with Gasteiger partial charge in [-0.2, -0.15) is 5.26 Å². The first-order valence-corrected chi connectivity index (χ1v) is 5.84. The van der Waals surface area contributed by atoms with Crippen molar-refractivity contribution in [2.45, 2.75) is 13.0 Å². The van der Waals surface area contributed by atoms with Crippen LogP contribution in [0.25, 0.3) is 0 Å². The van der Waals surface area contributed by atoms with Crippen molar-refractivity contribution in [3.63, 3.8) is 0 Å². The molecule has 0 aromatic heterocycles. The Balaban J connectivity index is 2.07. The van der Waals surface area contributed by atoms with Crippen molar-refractivity contribution in [1.82, 2.24) is 4.90 Å². The quantitative estimate of drug-likeness (QED) is 0.860. The second-order valence-electron chi connectivity index (χ2n) is 4.54. The molecule has 2 rings (SSSR count). The van der Waals surface area contributed by atoms with Crippen molar-refractivity contribution in [1.29, 1.82) is 5.26 Å². The third-order valence-corrected chi connectivity index (χ3v) is 3.29. The Morgan fingerprint density at radius 2 is 2.35 bits per heavy atom. The summed E-state index contributed by atoms with van der Waals surface area (Å²) in [5.41, 5.74) is 6.96. The van der Waals surface area contributed by atoms with Gasteiger partial charge in [0, 0.05) is 13.1 Å². The van der Waals surface area contributed by atoms with Crippen molar-refractivity contribution in [2.24, 2.45) is 11.7 Å². The van der Waals surface area contributed by atoms with Crippen molar-refractivity contribution in [3.05, 3.63) is 35.1 Å². The van der Waals surface area contributed by atoms with E-state index in [2.05, 4.69) is 4.90 Å². The molecule has 90 valence electrons. The molecule has 17 heavy (non-hydrogen) atoms. The number of nitrogens with two attached hydrogens (primary N) is 1. The maximum atomic E-state index is 13.0. The van der Waals surface area contributed by atoms with Gasteiger partial charge in [0.15, 0.2) is 0 Å². The van der Waals surface area contributed by atoms with Crippen LogP contribution in [0, 0.1) is 23.1 Å². The van der Waals surface area contributed by atoms with Gasteiger partial charge in [0.05, 0.1) is 11.6 Å². The second kappa shape index (κ2) is 5.26. The molecule has 0 amide bonds. The minimum atomic E-state index is -0.355. The zero-order valence-electron chi connectivity index (χ0n) is 9.69. The maximum Gasteiger partial charge on any atom is 0.124 e.